The highest BCUT2D eigenvalue weighted by molar-refractivity contribution is 9.10. The lowest BCUT2D eigenvalue weighted by Gasteiger charge is -2.09. The normalized spacial score (nSPS) is 9.74. The summed E-state index contributed by atoms with van der Waals surface area (Å²) in [6.07, 6.45) is 0. The van der Waals surface area contributed by atoms with Gasteiger partial charge in [-0.05, 0) is 45.8 Å². The Morgan fingerprint density at radius 2 is 1.95 bits per heavy atom. The second-order valence-electron chi connectivity index (χ2n) is 3.87. The van der Waals surface area contributed by atoms with E-state index in [1.165, 1.54) is 0 Å². The number of para-hydroxylation sites is 1. The van der Waals surface area contributed by atoms with Crippen LogP contribution in [0.15, 0.2) is 46.9 Å². The van der Waals surface area contributed by atoms with Gasteiger partial charge in [-0.2, -0.15) is 5.26 Å². The van der Waals surface area contributed by atoms with Gasteiger partial charge in [0.1, 0.15) is 24.2 Å². The Kier molecular flexibility index (Phi) is 4.43. The molecule has 2 rings (SSSR count). The van der Waals surface area contributed by atoms with Gasteiger partial charge in [0.05, 0.1) is 17.1 Å². The molecule has 0 saturated carbocycles. The summed E-state index contributed by atoms with van der Waals surface area (Å²) < 4.78 is 11.7. The van der Waals surface area contributed by atoms with Gasteiger partial charge in [0.2, 0.25) is 0 Å². The van der Waals surface area contributed by atoms with Crippen LogP contribution in [-0.2, 0) is 6.61 Å². The minimum absolute atomic E-state index is 0.404. The van der Waals surface area contributed by atoms with Gasteiger partial charge in [-0.1, -0.05) is 18.2 Å². The minimum Gasteiger partial charge on any atom is -0.495 e. The Labute approximate surface area is 120 Å². The standard InChI is InChI=1S/C15H12BrNO2/c1-18-14-7-6-11(8-12(14)9-17)10-19-15-5-3-2-4-13(15)16/h2-8H,10H2,1H3. The number of hydrogen-bond donors (Lipinski definition) is 0. The van der Waals surface area contributed by atoms with Crippen molar-refractivity contribution in [2.45, 2.75) is 6.61 Å². The fraction of sp³-hybridized carbons (Fsp3) is 0.133. The number of methoxy groups -OCH3 is 1. The molecule has 0 spiro atoms. The zero-order chi connectivity index (χ0) is 13.7. The molecule has 0 aliphatic rings. The van der Waals surface area contributed by atoms with Gasteiger partial charge in [0, 0.05) is 0 Å². The van der Waals surface area contributed by atoms with E-state index in [0.717, 1.165) is 15.8 Å². The van der Waals surface area contributed by atoms with Gasteiger partial charge in [-0.15, -0.1) is 0 Å². The van der Waals surface area contributed by atoms with Gasteiger partial charge in [0.25, 0.3) is 0 Å². The van der Waals surface area contributed by atoms with Gasteiger partial charge in [0.15, 0.2) is 0 Å². The fourth-order valence-electron chi connectivity index (χ4n) is 1.66. The van der Waals surface area contributed by atoms with Crippen molar-refractivity contribution >= 4 is 15.9 Å². The van der Waals surface area contributed by atoms with E-state index in [4.69, 9.17) is 14.7 Å². The first kappa shape index (κ1) is 13.4. The predicted molar refractivity (Wildman–Crippen MR) is 76.2 cm³/mol. The molecule has 0 heterocycles. The van der Waals surface area contributed by atoms with E-state index < -0.39 is 0 Å². The van der Waals surface area contributed by atoms with Gasteiger partial charge in [-0.25, -0.2) is 0 Å². The highest BCUT2D eigenvalue weighted by Gasteiger charge is 2.05. The van der Waals surface area contributed by atoms with Crippen molar-refractivity contribution in [2.75, 3.05) is 7.11 Å². The zero-order valence-electron chi connectivity index (χ0n) is 10.4. The first-order valence-corrected chi connectivity index (χ1v) is 6.48. The number of ether oxygens (including phenoxy) is 2. The molecule has 2 aromatic rings. The maximum absolute atomic E-state index is 9.03. The molecule has 3 nitrogen and oxygen atoms in total. The van der Waals surface area contributed by atoms with Crippen molar-refractivity contribution in [3.8, 4) is 17.6 Å². The maximum atomic E-state index is 9.03. The summed E-state index contributed by atoms with van der Waals surface area (Å²) in [4.78, 5) is 0. The van der Waals surface area contributed by atoms with Crippen LogP contribution in [-0.4, -0.2) is 7.11 Å². The van der Waals surface area contributed by atoms with Gasteiger partial charge in [-0.3, -0.25) is 0 Å². The molecule has 0 saturated heterocycles. The van der Waals surface area contributed by atoms with Gasteiger partial charge < -0.3 is 9.47 Å². The molecule has 2 aromatic carbocycles. The Bertz CT molecular complexity index is 620. The average molecular weight is 318 g/mol. The summed E-state index contributed by atoms with van der Waals surface area (Å²) >= 11 is 3.42. The molecule has 0 unspecified atom stereocenters. The highest BCUT2D eigenvalue weighted by atomic mass is 79.9. The molecule has 96 valence electrons. The molecule has 0 fully saturated rings. The molecule has 0 radical (unpaired) electrons. The van der Waals surface area contributed by atoms with Crippen molar-refractivity contribution in [3.63, 3.8) is 0 Å². The van der Waals surface area contributed by atoms with Crippen molar-refractivity contribution in [1.29, 1.82) is 5.26 Å². The van der Waals surface area contributed by atoms with Crippen LogP contribution in [0.25, 0.3) is 0 Å². The van der Waals surface area contributed by atoms with E-state index in [1.807, 2.05) is 30.3 Å². The van der Waals surface area contributed by atoms with Crippen LogP contribution in [0.3, 0.4) is 0 Å². The third kappa shape index (κ3) is 3.27. The average Bonchev–Trinajstić information content (AvgIpc) is 2.46. The van der Waals surface area contributed by atoms with Crippen LogP contribution in [0.5, 0.6) is 11.5 Å². The molecule has 0 atom stereocenters. The Morgan fingerprint density at radius 1 is 1.16 bits per heavy atom. The summed E-state index contributed by atoms with van der Waals surface area (Å²) in [5.41, 5.74) is 1.43. The van der Waals surface area contributed by atoms with E-state index >= 15 is 0 Å². The summed E-state index contributed by atoms with van der Waals surface area (Å²) in [5, 5.41) is 9.03. The van der Waals surface area contributed by atoms with Crippen LogP contribution >= 0.6 is 15.9 Å². The second-order valence-corrected chi connectivity index (χ2v) is 4.72. The van der Waals surface area contributed by atoms with Crippen molar-refractivity contribution < 1.29 is 9.47 Å². The predicted octanol–water partition coefficient (Wildman–Crippen LogP) is 3.91. The van der Waals surface area contributed by atoms with Crippen LogP contribution < -0.4 is 9.47 Å². The summed E-state index contributed by atoms with van der Waals surface area (Å²) in [6, 6.07) is 15.2. The minimum atomic E-state index is 0.404. The first-order valence-electron chi connectivity index (χ1n) is 5.69. The Balaban J connectivity index is 2.13. The topological polar surface area (TPSA) is 42.2 Å². The number of benzene rings is 2. The van der Waals surface area contributed by atoms with E-state index in [0.29, 0.717) is 17.9 Å². The SMILES string of the molecule is COc1ccc(COc2ccccc2Br)cc1C#N. The van der Waals surface area contributed by atoms with Gasteiger partial charge >= 0.3 is 0 Å². The molecule has 0 N–H and O–H groups in total. The number of nitrogens with zero attached hydrogens (tertiary/aromatic N) is 1. The van der Waals surface area contributed by atoms with Crippen LogP contribution in [0.1, 0.15) is 11.1 Å². The summed E-state index contributed by atoms with van der Waals surface area (Å²) in [6.45, 7) is 0.404. The lowest BCUT2D eigenvalue weighted by atomic mass is 10.1. The van der Waals surface area contributed by atoms with E-state index in [2.05, 4.69) is 22.0 Å². The van der Waals surface area contributed by atoms with Crippen molar-refractivity contribution in [3.05, 3.63) is 58.1 Å². The molecule has 0 amide bonds. The number of hydrogen-bond acceptors (Lipinski definition) is 3. The first-order chi connectivity index (χ1) is 9.24. The molecular weight excluding hydrogens is 306 g/mol. The molecule has 0 aliphatic heterocycles. The fourth-order valence-corrected chi connectivity index (χ4v) is 2.05. The Morgan fingerprint density at radius 3 is 2.63 bits per heavy atom. The van der Waals surface area contributed by atoms with E-state index in [-0.39, 0.29) is 0 Å². The van der Waals surface area contributed by atoms with Crippen molar-refractivity contribution in [1.82, 2.24) is 0 Å². The zero-order valence-corrected chi connectivity index (χ0v) is 12.0. The van der Waals surface area contributed by atoms with E-state index in [1.54, 1.807) is 19.2 Å². The quantitative estimate of drug-likeness (QED) is 0.858. The largest absolute Gasteiger partial charge is 0.495 e. The number of rotatable bonds is 4. The molecule has 4 heteroatoms. The molecular formula is C15H12BrNO2. The molecule has 0 aromatic heterocycles. The number of nitriles is 1. The maximum Gasteiger partial charge on any atom is 0.136 e. The number of halogens is 1. The molecule has 19 heavy (non-hydrogen) atoms. The second kappa shape index (κ2) is 6.26. The third-order valence-electron chi connectivity index (χ3n) is 2.62. The summed E-state index contributed by atoms with van der Waals surface area (Å²) in [5.74, 6) is 1.35. The Hall–Kier alpha value is -1.99. The molecule has 0 aliphatic carbocycles. The monoisotopic (exact) mass is 317 g/mol. The van der Waals surface area contributed by atoms with Crippen LogP contribution in [0, 0.1) is 11.3 Å². The highest BCUT2D eigenvalue weighted by Crippen LogP contribution is 2.25. The van der Waals surface area contributed by atoms with Crippen LogP contribution in [0.4, 0.5) is 0 Å². The van der Waals surface area contributed by atoms with E-state index in [9.17, 15) is 0 Å². The smallest absolute Gasteiger partial charge is 0.136 e. The molecule has 0 bridgehead atoms. The lowest BCUT2D eigenvalue weighted by Crippen LogP contribution is -1.97. The third-order valence-corrected chi connectivity index (χ3v) is 3.27. The van der Waals surface area contributed by atoms with Crippen molar-refractivity contribution in [2.24, 2.45) is 0 Å². The lowest BCUT2D eigenvalue weighted by molar-refractivity contribution is 0.304. The summed E-state index contributed by atoms with van der Waals surface area (Å²) in [7, 11) is 1.55. The van der Waals surface area contributed by atoms with Crippen LogP contribution in [0.2, 0.25) is 0 Å².